The molecule has 0 aliphatic rings. The van der Waals surface area contributed by atoms with E-state index >= 15 is 0 Å². The van der Waals surface area contributed by atoms with Crippen LogP contribution in [0.3, 0.4) is 0 Å². The number of nitrogens with zero attached hydrogens (tertiary/aromatic N) is 1. The third-order valence-corrected chi connectivity index (χ3v) is 3.26. The Balaban J connectivity index is 2.43. The van der Waals surface area contributed by atoms with Gasteiger partial charge in [-0.25, -0.2) is 0 Å². The van der Waals surface area contributed by atoms with Crippen LogP contribution in [-0.2, 0) is 13.0 Å². The maximum Gasteiger partial charge on any atom is 0.0233 e. The van der Waals surface area contributed by atoms with Crippen LogP contribution in [0.4, 0.5) is 0 Å². The number of rotatable bonds is 9. The first-order valence-electron chi connectivity index (χ1n) is 7.31. The van der Waals surface area contributed by atoms with Crippen LogP contribution in [0.1, 0.15) is 38.3 Å². The van der Waals surface area contributed by atoms with Gasteiger partial charge < -0.3 is 5.32 Å². The Labute approximate surface area is 112 Å². The van der Waals surface area contributed by atoms with Crippen LogP contribution in [0.25, 0.3) is 0 Å². The summed E-state index contributed by atoms with van der Waals surface area (Å²) in [5.41, 5.74) is 2.86. The fourth-order valence-corrected chi connectivity index (χ4v) is 2.14. The van der Waals surface area contributed by atoms with Gasteiger partial charge in [-0.05, 0) is 50.1 Å². The Morgan fingerprint density at radius 2 is 1.67 bits per heavy atom. The predicted octanol–water partition coefficient (Wildman–Crippen LogP) is 3.07. The summed E-state index contributed by atoms with van der Waals surface area (Å²) in [7, 11) is 0. The Bertz CT molecular complexity index is 305. The molecule has 0 aliphatic heterocycles. The third kappa shape index (κ3) is 5.65. The van der Waals surface area contributed by atoms with Crippen LogP contribution in [-0.4, -0.2) is 31.1 Å². The molecule has 1 aromatic carbocycles. The van der Waals surface area contributed by atoms with Crippen molar-refractivity contribution in [3.63, 3.8) is 0 Å². The first kappa shape index (κ1) is 15.2. The highest BCUT2D eigenvalue weighted by atomic mass is 15.1. The lowest BCUT2D eigenvalue weighted by Crippen LogP contribution is -2.23. The van der Waals surface area contributed by atoms with E-state index in [1.54, 1.807) is 0 Å². The summed E-state index contributed by atoms with van der Waals surface area (Å²) < 4.78 is 0. The number of hydrogen-bond acceptors (Lipinski definition) is 2. The van der Waals surface area contributed by atoms with Crippen molar-refractivity contribution in [2.75, 3.05) is 26.2 Å². The first-order chi connectivity index (χ1) is 8.80. The second kappa shape index (κ2) is 9.12. The summed E-state index contributed by atoms with van der Waals surface area (Å²) in [5.74, 6) is 0. The van der Waals surface area contributed by atoms with Gasteiger partial charge in [-0.2, -0.15) is 0 Å². The Hall–Kier alpha value is -0.860. The minimum Gasteiger partial charge on any atom is -0.317 e. The summed E-state index contributed by atoms with van der Waals surface area (Å²) >= 11 is 0. The van der Waals surface area contributed by atoms with Crippen LogP contribution in [0.2, 0.25) is 0 Å². The van der Waals surface area contributed by atoms with Gasteiger partial charge in [0, 0.05) is 6.54 Å². The van der Waals surface area contributed by atoms with Crippen LogP contribution in [0.5, 0.6) is 0 Å². The number of nitrogens with one attached hydrogen (secondary N) is 1. The quantitative estimate of drug-likeness (QED) is 0.676. The zero-order chi connectivity index (χ0) is 13.2. The minimum absolute atomic E-state index is 1.06. The topological polar surface area (TPSA) is 15.3 Å². The molecule has 0 saturated carbocycles. The smallest absolute Gasteiger partial charge is 0.0233 e. The summed E-state index contributed by atoms with van der Waals surface area (Å²) in [6.45, 7) is 12.2. The van der Waals surface area contributed by atoms with E-state index in [1.807, 2.05) is 0 Å². The highest BCUT2D eigenvalue weighted by Gasteiger charge is 2.02. The fourth-order valence-electron chi connectivity index (χ4n) is 2.14. The van der Waals surface area contributed by atoms with Crippen LogP contribution < -0.4 is 5.32 Å². The van der Waals surface area contributed by atoms with Gasteiger partial charge in [-0.1, -0.05) is 45.0 Å². The standard InChI is InChI=1S/C16H28N2/c1-4-13-18(6-3)14-16-9-7-15(8-10-16)11-12-17-5-2/h7-10,17H,4-6,11-14H2,1-3H3. The molecule has 0 bridgehead atoms. The van der Waals surface area contributed by atoms with Crippen molar-refractivity contribution in [2.45, 2.75) is 40.2 Å². The normalized spacial score (nSPS) is 11.1. The molecule has 0 aliphatic carbocycles. The summed E-state index contributed by atoms with van der Waals surface area (Å²) in [6.07, 6.45) is 2.36. The molecular weight excluding hydrogens is 220 g/mol. The van der Waals surface area contributed by atoms with Crippen molar-refractivity contribution in [1.82, 2.24) is 10.2 Å². The molecule has 0 atom stereocenters. The van der Waals surface area contributed by atoms with Crippen LogP contribution >= 0.6 is 0 Å². The predicted molar refractivity (Wildman–Crippen MR) is 79.9 cm³/mol. The van der Waals surface area contributed by atoms with Crippen molar-refractivity contribution < 1.29 is 0 Å². The molecule has 2 nitrogen and oxygen atoms in total. The van der Waals surface area contributed by atoms with Crippen LogP contribution in [0, 0.1) is 0 Å². The molecule has 102 valence electrons. The fraction of sp³-hybridized carbons (Fsp3) is 0.625. The second-order valence-electron chi connectivity index (χ2n) is 4.79. The van der Waals surface area contributed by atoms with E-state index in [1.165, 1.54) is 24.1 Å². The third-order valence-electron chi connectivity index (χ3n) is 3.26. The zero-order valence-corrected chi connectivity index (χ0v) is 12.2. The molecule has 0 fully saturated rings. The molecular formula is C16H28N2. The second-order valence-corrected chi connectivity index (χ2v) is 4.79. The maximum atomic E-state index is 3.36. The molecule has 1 N–H and O–H groups in total. The molecule has 0 radical (unpaired) electrons. The SMILES string of the molecule is CCCN(CC)Cc1ccc(CCNCC)cc1. The van der Waals surface area contributed by atoms with E-state index in [0.29, 0.717) is 0 Å². The van der Waals surface area contributed by atoms with Gasteiger partial charge in [-0.15, -0.1) is 0 Å². The van der Waals surface area contributed by atoms with Gasteiger partial charge in [0.15, 0.2) is 0 Å². The van der Waals surface area contributed by atoms with Gasteiger partial charge in [0.05, 0.1) is 0 Å². The first-order valence-corrected chi connectivity index (χ1v) is 7.31. The van der Waals surface area contributed by atoms with Crippen molar-refractivity contribution in [2.24, 2.45) is 0 Å². The van der Waals surface area contributed by atoms with Gasteiger partial charge in [0.25, 0.3) is 0 Å². The zero-order valence-electron chi connectivity index (χ0n) is 12.2. The van der Waals surface area contributed by atoms with E-state index in [4.69, 9.17) is 0 Å². The number of likely N-dealkylation sites (N-methyl/N-ethyl adjacent to an activating group) is 1. The minimum atomic E-state index is 1.06. The lowest BCUT2D eigenvalue weighted by Gasteiger charge is -2.19. The summed E-state index contributed by atoms with van der Waals surface area (Å²) in [5, 5.41) is 3.36. The van der Waals surface area contributed by atoms with Crippen molar-refractivity contribution >= 4 is 0 Å². The highest BCUT2D eigenvalue weighted by Crippen LogP contribution is 2.08. The van der Waals surface area contributed by atoms with E-state index in [9.17, 15) is 0 Å². The van der Waals surface area contributed by atoms with Crippen LogP contribution in [0.15, 0.2) is 24.3 Å². The monoisotopic (exact) mass is 248 g/mol. The number of hydrogen-bond donors (Lipinski definition) is 1. The largest absolute Gasteiger partial charge is 0.317 e. The Morgan fingerprint density at radius 3 is 2.22 bits per heavy atom. The van der Waals surface area contributed by atoms with Crippen molar-refractivity contribution in [3.8, 4) is 0 Å². The molecule has 0 unspecified atom stereocenters. The highest BCUT2D eigenvalue weighted by molar-refractivity contribution is 5.22. The van der Waals surface area contributed by atoms with Gasteiger partial charge in [-0.3, -0.25) is 4.90 Å². The van der Waals surface area contributed by atoms with E-state index < -0.39 is 0 Å². The molecule has 2 heteroatoms. The van der Waals surface area contributed by atoms with Gasteiger partial charge in [0.1, 0.15) is 0 Å². The van der Waals surface area contributed by atoms with E-state index in [2.05, 4.69) is 55.3 Å². The lowest BCUT2D eigenvalue weighted by atomic mass is 10.1. The summed E-state index contributed by atoms with van der Waals surface area (Å²) in [4.78, 5) is 2.49. The molecule has 18 heavy (non-hydrogen) atoms. The Morgan fingerprint density at radius 1 is 1.00 bits per heavy atom. The molecule has 0 saturated heterocycles. The average Bonchev–Trinajstić information content (AvgIpc) is 2.40. The molecule has 0 aromatic heterocycles. The van der Waals surface area contributed by atoms with Gasteiger partial charge in [0.2, 0.25) is 0 Å². The maximum absolute atomic E-state index is 3.36. The van der Waals surface area contributed by atoms with E-state index in [-0.39, 0.29) is 0 Å². The lowest BCUT2D eigenvalue weighted by molar-refractivity contribution is 0.280. The molecule has 1 aromatic rings. The van der Waals surface area contributed by atoms with Crippen molar-refractivity contribution in [1.29, 1.82) is 0 Å². The number of benzene rings is 1. The molecule has 0 spiro atoms. The molecule has 1 rings (SSSR count). The van der Waals surface area contributed by atoms with E-state index in [0.717, 1.165) is 32.6 Å². The van der Waals surface area contributed by atoms with Gasteiger partial charge >= 0.3 is 0 Å². The summed E-state index contributed by atoms with van der Waals surface area (Å²) in [6, 6.07) is 9.10. The molecule has 0 heterocycles. The average molecular weight is 248 g/mol. The van der Waals surface area contributed by atoms with Crippen molar-refractivity contribution in [3.05, 3.63) is 35.4 Å². The molecule has 0 amide bonds. The Kier molecular flexibility index (Phi) is 7.70.